The fourth-order valence-corrected chi connectivity index (χ4v) is 2.33. The molecule has 4 heteroatoms. The zero-order valence-corrected chi connectivity index (χ0v) is 13.1. The highest BCUT2D eigenvalue weighted by Crippen LogP contribution is 2.14. The molecule has 0 aliphatic rings. The van der Waals surface area contributed by atoms with Gasteiger partial charge in [-0.1, -0.05) is 25.5 Å². The van der Waals surface area contributed by atoms with Crippen LogP contribution in [-0.2, 0) is 6.54 Å². The third kappa shape index (κ3) is 3.15. The van der Waals surface area contributed by atoms with Gasteiger partial charge in [0.2, 0.25) is 5.43 Å². The Morgan fingerprint density at radius 1 is 1.33 bits per heavy atom. The lowest BCUT2D eigenvalue weighted by molar-refractivity contribution is 0.0947. The van der Waals surface area contributed by atoms with Crippen LogP contribution in [0.1, 0.15) is 36.7 Å². The number of nitrogens with one attached hydrogen (secondary N) is 1. The van der Waals surface area contributed by atoms with E-state index in [1.165, 1.54) is 0 Å². The molecule has 1 heterocycles. The number of hydrogen-bond acceptors (Lipinski definition) is 2. The Bertz CT molecular complexity index is 729. The fraction of sp³-hybridized carbons (Fsp3) is 0.412. The first-order valence-electron chi connectivity index (χ1n) is 7.36. The molecule has 1 N–H and O–H groups in total. The van der Waals surface area contributed by atoms with Gasteiger partial charge >= 0.3 is 0 Å². The smallest absolute Gasteiger partial charge is 0.256 e. The molecular weight excluding hydrogens is 264 g/mol. The van der Waals surface area contributed by atoms with Gasteiger partial charge in [-0.25, -0.2) is 0 Å². The lowest BCUT2D eigenvalue weighted by atomic mass is 10.1. The van der Waals surface area contributed by atoms with Crippen LogP contribution >= 0.6 is 0 Å². The molecule has 1 aromatic heterocycles. The van der Waals surface area contributed by atoms with Gasteiger partial charge in [-0.2, -0.15) is 0 Å². The minimum Gasteiger partial charge on any atom is -0.352 e. The quantitative estimate of drug-likeness (QED) is 0.939. The summed E-state index contributed by atoms with van der Waals surface area (Å²) in [5.41, 5.74) is 1.91. The van der Waals surface area contributed by atoms with Gasteiger partial charge in [-0.3, -0.25) is 9.59 Å². The molecule has 21 heavy (non-hydrogen) atoms. The van der Waals surface area contributed by atoms with E-state index in [4.69, 9.17) is 0 Å². The molecule has 0 aliphatic heterocycles. The van der Waals surface area contributed by atoms with E-state index in [2.05, 4.69) is 5.32 Å². The topological polar surface area (TPSA) is 51.1 Å². The molecule has 0 saturated carbocycles. The Morgan fingerprint density at radius 3 is 2.67 bits per heavy atom. The normalized spacial score (nSPS) is 11.1. The maximum Gasteiger partial charge on any atom is 0.256 e. The molecule has 0 aliphatic carbocycles. The van der Waals surface area contributed by atoms with Crippen molar-refractivity contribution in [3.8, 4) is 0 Å². The highest BCUT2D eigenvalue weighted by Gasteiger charge is 2.15. The van der Waals surface area contributed by atoms with Gasteiger partial charge in [0.05, 0.1) is 5.52 Å². The number of benzene rings is 1. The van der Waals surface area contributed by atoms with E-state index in [1.54, 1.807) is 6.20 Å². The molecule has 1 amide bonds. The number of fused-ring (bicyclic) bond motifs is 1. The maximum absolute atomic E-state index is 12.6. The second kappa shape index (κ2) is 6.12. The van der Waals surface area contributed by atoms with Crippen molar-refractivity contribution >= 4 is 16.8 Å². The lowest BCUT2D eigenvalue weighted by Gasteiger charge is -2.13. The van der Waals surface area contributed by atoms with Crippen LogP contribution in [0.25, 0.3) is 10.9 Å². The molecule has 0 radical (unpaired) electrons. The molecule has 0 bridgehead atoms. The van der Waals surface area contributed by atoms with Gasteiger partial charge in [0.15, 0.2) is 0 Å². The molecule has 2 rings (SSSR count). The Kier molecular flexibility index (Phi) is 4.46. The molecule has 0 unspecified atom stereocenters. The van der Waals surface area contributed by atoms with Crippen LogP contribution in [0.3, 0.4) is 0 Å². The summed E-state index contributed by atoms with van der Waals surface area (Å²) in [7, 11) is 0. The number of carbonyl (C=O) groups excluding carboxylic acids is 1. The van der Waals surface area contributed by atoms with E-state index in [-0.39, 0.29) is 16.9 Å². The van der Waals surface area contributed by atoms with Gasteiger partial charge in [0, 0.05) is 24.7 Å². The van der Waals surface area contributed by atoms with Gasteiger partial charge < -0.3 is 9.88 Å². The van der Waals surface area contributed by atoms with Crippen LogP contribution in [0.2, 0.25) is 0 Å². The van der Waals surface area contributed by atoms with Gasteiger partial charge in [0.1, 0.15) is 5.56 Å². The Morgan fingerprint density at radius 2 is 2.05 bits per heavy atom. The van der Waals surface area contributed by atoms with Crippen molar-refractivity contribution in [2.45, 2.75) is 34.2 Å². The summed E-state index contributed by atoms with van der Waals surface area (Å²) in [4.78, 5) is 24.8. The minimum absolute atomic E-state index is 0.195. The van der Waals surface area contributed by atoms with E-state index in [9.17, 15) is 9.59 Å². The molecule has 0 fully saturated rings. The summed E-state index contributed by atoms with van der Waals surface area (Å²) in [6.07, 6.45) is 1.66. The average molecular weight is 286 g/mol. The molecular formula is C17H22N2O2. The number of aromatic nitrogens is 1. The van der Waals surface area contributed by atoms with Crippen LogP contribution in [0.4, 0.5) is 0 Å². The summed E-state index contributed by atoms with van der Waals surface area (Å²) in [6, 6.07) is 5.76. The van der Waals surface area contributed by atoms with Crippen molar-refractivity contribution in [1.82, 2.24) is 9.88 Å². The Balaban J connectivity index is 2.57. The van der Waals surface area contributed by atoms with E-state index >= 15 is 0 Å². The molecule has 4 nitrogen and oxygen atoms in total. The number of aryl methyl sites for hydroxylation is 2. The van der Waals surface area contributed by atoms with Gasteiger partial charge in [-0.15, -0.1) is 0 Å². The lowest BCUT2D eigenvalue weighted by Crippen LogP contribution is -2.32. The predicted octanol–water partition coefficient (Wildman–Crippen LogP) is 2.72. The Hall–Kier alpha value is -2.10. The number of amides is 1. The van der Waals surface area contributed by atoms with E-state index in [0.717, 1.165) is 11.1 Å². The standard InChI is InChI=1S/C17H22N2O2/c1-5-19-10-14(17(21)18-9-11(2)3)16(20)13-8-12(4)6-7-15(13)19/h6-8,10-11H,5,9H2,1-4H3,(H,18,21). The van der Waals surface area contributed by atoms with E-state index in [0.29, 0.717) is 24.4 Å². The summed E-state index contributed by atoms with van der Waals surface area (Å²) in [5.74, 6) is 0.0596. The van der Waals surface area contributed by atoms with Crippen LogP contribution in [0, 0.1) is 12.8 Å². The Labute approximate surface area is 124 Å². The summed E-state index contributed by atoms with van der Waals surface area (Å²) >= 11 is 0. The zero-order chi connectivity index (χ0) is 15.6. The summed E-state index contributed by atoms with van der Waals surface area (Å²) in [6.45, 7) is 9.27. The summed E-state index contributed by atoms with van der Waals surface area (Å²) < 4.78 is 1.94. The first-order chi connectivity index (χ1) is 9.93. The SMILES string of the molecule is CCn1cc(C(=O)NCC(C)C)c(=O)c2cc(C)ccc21. The molecule has 1 aromatic carbocycles. The van der Waals surface area contributed by atoms with Crippen LogP contribution in [0.5, 0.6) is 0 Å². The molecule has 112 valence electrons. The highest BCUT2D eigenvalue weighted by atomic mass is 16.2. The van der Waals surface area contributed by atoms with Gasteiger partial charge in [-0.05, 0) is 31.9 Å². The number of hydrogen-bond donors (Lipinski definition) is 1. The van der Waals surface area contributed by atoms with Crippen molar-refractivity contribution < 1.29 is 4.79 Å². The van der Waals surface area contributed by atoms with Crippen molar-refractivity contribution in [2.75, 3.05) is 6.54 Å². The average Bonchev–Trinajstić information content (AvgIpc) is 2.45. The van der Waals surface area contributed by atoms with E-state index in [1.807, 2.05) is 50.5 Å². The van der Waals surface area contributed by atoms with Crippen molar-refractivity contribution in [3.05, 3.63) is 45.7 Å². The van der Waals surface area contributed by atoms with E-state index < -0.39 is 0 Å². The minimum atomic E-state index is -0.292. The number of nitrogens with zero attached hydrogens (tertiary/aromatic N) is 1. The second-order valence-corrected chi connectivity index (χ2v) is 5.78. The third-order valence-corrected chi connectivity index (χ3v) is 3.49. The fourth-order valence-electron chi connectivity index (χ4n) is 2.33. The van der Waals surface area contributed by atoms with Crippen molar-refractivity contribution in [3.63, 3.8) is 0 Å². The van der Waals surface area contributed by atoms with Crippen LogP contribution in [-0.4, -0.2) is 17.0 Å². The molecule has 0 saturated heterocycles. The number of rotatable bonds is 4. The first-order valence-corrected chi connectivity index (χ1v) is 7.36. The third-order valence-electron chi connectivity index (χ3n) is 3.49. The maximum atomic E-state index is 12.6. The zero-order valence-electron chi connectivity index (χ0n) is 13.1. The summed E-state index contributed by atoms with van der Waals surface area (Å²) in [5, 5.41) is 3.42. The number of pyridine rings is 1. The molecule has 0 spiro atoms. The van der Waals surface area contributed by atoms with Crippen LogP contribution < -0.4 is 10.7 Å². The second-order valence-electron chi connectivity index (χ2n) is 5.78. The largest absolute Gasteiger partial charge is 0.352 e. The molecule has 2 aromatic rings. The van der Waals surface area contributed by atoms with Crippen LogP contribution in [0.15, 0.2) is 29.2 Å². The first kappa shape index (κ1) is 15.3. The monoisotopic (exact) mass is 286 g/mol. The highest BCUT2D eigenvalue weighted by molar-refractivity contribution is 5.97. The van der Waals surface area contributed by atoms with Gasteiger partial charge in [0.25, 0.3) is 5.91 Å². The van der Waals surface area contributed by atoms with Crippen molar-refractivity contribution in [2.24, 2.45) is 5.92 Å². The number of carbonyl (C=O) groups is 1. The molecule has 0 atom stereocenters. The predicted molar refractivity (Wildman–Crippen MR) is 85.8 cm³/mol. The van der Waals surface area contributed by atoms with Crippen molar-refractivity contribution in [1.29, 1.82) is 0 Å².